The molecule has 1 N–H and O–H groups in total. The molecule has 0 bridgehead atoms. The van der Waals surface area contributed by atoms with E-state index >= 15 is 0 Å². The van der Waals surface area contributed by atoms with Crippen LogP contribution < -0.4 is 9.47 Å². The number of carboxylic acid groups (broad SMARTS) is 1. The van der Waals surface area contributed by atoms with Crippen LogP contribution in [0.1, 0.15) is 19.4 Å². The summed E-state index contributed by atoms with van der Waals surface area (Å²) in [6.45, 7) is 3.00. The Kier molecular flexibility index (Phi) is 5.08. The maximum Gasteiger partial charge on any atom is 0.347 e. The van der Waals surface area contributed by atoms with Crippen molar-refractivity contribution in [1.29, 1.82) is 0 Å². The topological polar surface area (TPSA) is 55.8 Å². The van der Waals surface area contributed by atoms with Gasteiger partial charge in [0.15, 0.2) is 5.60 Å². The number of carbonyl (C=O) groups is 1. The summed E-state index contributed by atoms with van der Waals surface area (Å²) in [7, 11) is 0. The molecule has 0 saturated carbocycles. The van der Waals surface area contributed by atoms with Gasteiger partial charge in [-0.05, 0) is 43.7 Å². The molecule has 0 fully saturated rings. The van der Waals surface area contributed by atoms with Gasteiger partial charge in [0.1, 0.15) is 17.2 Å². The molecule has 2 aromatic rings. The van der Waals surface area contributed by atoms with E-state index in [-0.39, 0.29) is 0 Å². The van der Waals surface area contributed by atoms with Gasteiger partial charge in [0.05, 0.1) is 0 Å². The molecule has 0 aliphatic rings. The molecular weight excluding hydrogens is 348 g/mol. The van der Waals surface area contributed by atoms with E-state index in [1.807, 2.05) is 24.3 Å². The zero-order chi connectivity index (χ0) is 16.2. The Hall–Kier alpha value is -2.01. The first-order valence-electron chi connectivity index (χ1n) is 6.76. The molecule has 0 heterocycles. The number of alkyl halides is 1. The van der Waals surface area contributed by atoms with E-state index in [0.29, 0.717) is 17.2 Å². The molecule has 0 spiro atoms. The highest BCUT2D eigenvalue weighted by Crippen LogP contribution is 2.27. The van der Waals surface area contributed by atoms with Crippen molar-refractivity contribution in [1.82, 2.24) is 0 Å². The molecule has 4 nitrogen and oxygen atoms in total. The van der Waals surface area contributed by atoms with Crippen molar-refractivity contribution in [2.75, 3.05) is 0 Å². The fourth-order valence-corrected chi connectivity index (χ4v) is 2.10. The number of hydrogen-bond donors (Lipinski definition) is 1. The van der Waals surface area contributed by atoms with Crippen LogP contribution in [0.3, 0.4) is 0 Å². The number of benzene rings is 2. The first-order valence-corrected chi connectivity index (χ1v) is 7.88. The Labute approximate surface area is 137 Å². The van der Waals surface area contributed by atoms with E-state index in [0.717, 1.165) is 10.9 Å². The normalized spacial score (nSPS) is 11.0. The van der Waals surface area contributed by atoms with E-state index in [9.17, 15) is 4.79 Å². The molecule has 0 aliphatic carbocycles. The molecule has 0 atom stereocenters. The van der Waals surface area contributed by atoms with E-state index in [2.05, 4.69) is 15.9 Å². The van der Waals surface area contributed by atoms with E-state index in [1.165, 1.54) is 13.8 Å². The standard InChI is InChI=1S/C17H17BrO4/c1-17(2,16(19)20)22-15-5-3-4-14(10-15)21-13-8-6-12(11-18)7-9-13/h3-10H,11H2,1-2H3,(H,19,20). The fraction of sp³-hybridized carbons (Fsp3) is 0.235. The predicted molar refractivity (Wildman–Crippen MR) is 87.9 cm³/mol. The molecule has 22 heavy (non-hydrogen) atoms. The molecule has 2 rings (SSSR count). The van der Waals surface area contributed by atoms with Crippen molar-refractivity contribution in [3.05, 3.63) is 54.1 Å². The van der Waals surface area contributed by atoms with Gasteiger partial charge in [-0.15, -0.1) is 0 Å². The molecular formula is C17H17BrO4. The molecule has 5 heteroatoms. The average Bonchev–Trinajstić information content (AvgIpc) is 2.48. The van der Waals surface area contributed by atoms with Crippen LogP contribution in [0.25, 0.3) is 0 Å². The Morgan fingerprint density at radius 1 is 1.09 bits per heavy atom. The highest BCUT2D eigenvalue weighted by molar-refractivity contribution is 9.08. The van der Waals surface area contributed by atoms with Crippen LogP contribution in [0.5, 0.6) is 17.2 Å². The Bertz CT molecular complexity index is 650. The second kappa shape index (κ2) is 6.83. The zero-order valence-electron chi connectivity index (χ0n) is 12.4. The Morgan fingerprint density at radius 2 is 1.73 bits per heavy atom. The van der Waals surface area contributed by atoms with Crippen molar-refractivity contribution in [3.8, 4) is 17.2 Å². The summed E-state index contributed by atoms with van der Waals surface area (Å²) >= 11 is 3.39. The second-order valence-electron chi connectivity index (χ2n) is 5.27. The third kappa shape index (κ3) is 4.24. The minimum atomic E-state index is -1.30. The maximum atomic E-state index is 11.1. The van der Waals surface area contributed by atoms with Crippen LogP contribution in [0.2, 0.25) is 0 Å². The highest BCUT2D eigenvalue weighted by atomic mass is 79.9. The summed E-state index contributed by atoms with van der Waals surface area (Å²) < 4.78 is 11.2. The molecule has 0 unspecified atom stereocenters. The van der Waals surface area contributed by atoms with Crippen LogP contribution in [-0.4, -0.2) is 16.7 Å². The summed E-state index contributed by atoms with van der Waals surface area (Å²) in [5.41, 5.74) is -0.136. The molecule has 116 valence electrons. The lowest BCUT2D eigenvalue weighted by Gasteiger charge is -2.21. The van der Waals surface area contributed by atoms with Gasteiger partial charge < -0.3 is 14.6 Å². The summed E-state index contributed by atoms with van der Waals surface area (Å²) in [6.07, 6.45) is 0. The smallest absolute Gasteiger partial charge is 0.347 e. The van der Waals surface area contributed by atoms with Gasteiger partial charge in [0.2, 0.25) is 0 Å². The van der Waals surface area contributed by atoms with E-state index in [4.69, 9.17) is 14.6 Å². The van der Waals surface area contributed by atoms with Crippen molar-refractivity contribution in [3.63, 3.8) is 0 Å². The van der Waals surface area contributed by atoms with Crippen molar-refractivity contribution in [2.24, 2.45) is 0 Å². The van der Waals surface area contributed by atoms with Crippen LogP contribution in [0, 0.1) is 0 Å². The third-order valence-corrected chi connectivity index (χ3v) is 3.65. The second-order valence-corrected chi connectivity index (χ2v) is 5.83. The van der Waals surface area contributed by atoms with Crippen molar-refractivity contribution >= 4 is 21.9 Å². The van der Waals surface area contributed by atoms with Gasteiger partial charge in [-0.3, -0.25) is 0 Å². The number of halogens is 1. The van der Waals surface area contributed by atoms with E-state index < -0.39 is 11.6 Å². The molecule has 0 aliphatic heterocycles. The number of carboxylic acids is 1. The van der Waals surface area contributed by atoms with Gasteiger partial charge in [0.25, 0.3) is 0 Å². The van der Waals surface area contributed by atoms with Gasteiger partial charge in [-0.2, -0.15) is 0 Å². The minimum absolute atomic E-state index is 0.446. The molecule has 0 amide bonds. The maximum absolute atomic E-state index is 11.1. The van der Waals surface area contributed by atoms with Crippen LogP contribution in [0.4, 0.5) is 0 Å². The number of hydrogen-bond acceptors (Lipinski definition) is 3. The minimum Gasteiger partial charge on any atom is -0.478 e. The third-order valence-electron chi connectivity index (χ3n) is 3.01. The monoisotopic (exact) mass is 364 g/mol. The number of ether oxygens (including phenoxy) is 2. The lowest BCUT2D eigenvalue weighted by molar-refractivity contribution is -0.152. The summed E-state index contributed by atoms with van der Waals surface area (Å²) in [5, 5.41) is 9.89. The van der Waals surface area contributed by atoms with Crippen LogP contribution in [-0.2, 0) is 10.1 Å². The molecule has 2 aromatic carbocycles. The predicted octanol–water partition coefficient (Wildman–Crippen LogP) is 4.62. The molecule has 0 aromatic heterocycles. The van der Waals surface area contributed by atoms with Crippen LogP contribution in [0.15, 0.2) is 48.5 Å². The summed E-state index contributed by atoms with van der Waals surface area (Å²) in [5.74, 6) is 0.718. The van der Waals surface area contributed by atoms with Gasteiger partial charge in [-0.1, -0.05) is 34.1 Å². The van der Waals surface area contributed by atoms with E-state index in [1.54, 1.807) is 24.3 Å². The summed E-state index contributed by atoms with van der Waals surface area (Å²) in [4.78, 5) is 11.1. The van der Waals surface area contributed by atoms with Crippen molar-refractivity contribution in [2.45, 2.75) is 24.8 Å². The number of rotatable bonds is 6. The van der Waals surface area contributed by atoms with Crippen molar-refractivity contribution < 1.29 is 19.4 Å². The zero-order valence-corrected chi connectivity index (χ0v) is 14.0. The quantitative estimate of drug-likeness (QED) is 0.760. The fourth-order valence-electron chi connectivity index (χ4n) is 1.72. The SMILES string of the molecule is CC(C)(Oc1cccc(Oc2ccc(CBr)cc2)c1)C(=O)O. The summed E-state index contributed by atoms with van der Waals surface area (Å²) in [6, 6.07) is 14.6. The van der Waals surface area contributed by atoms with Gasteiger partial charge in [-0.25, -0.2) is 4.79 Å². The van der Waals surface area contributed by atoms with Gasteiger partial charge >= 0.3 is 5.97 Å². The lowest BCUT2D eigenvalue weighted by atomic mass is 10.1. The molecule has 0 saturated heterocycles. The van der Waals surface area contributed by atoms with Crippen LogP contribution >= 0.6 is 15.9 Å². The lowest BCUT2D eigenvalue weighted by Crippen LogP contribution is -2.37. The average molecular weight is 365 g/mol. The number of aliphatic carboxylic acids is 1. The first-order chi connectivity index (χ1) is 10.4. The highest BCUT2D eigenvalue weighted by Gasteiger charge is 2.29. The largest absolute Gasteiger partial charge is 0.478 e. The molecule has 0 radical (unpaired) electrons. The Balaban J connectivity index is 2.12. The Morgan fingerprint density at radius 3 is 2.32 bits per heavy atom. The first kappa shape index (κ1) is 16.4. The van der Waals surface area contributed by atoms with Gasteiger partial charge in [0, 0.05) is 11.4 Å².